The second kappa shape index (κ2) is 9.85. The van der Waals surface area contributed by atoms with Crippen LogP contribution in [0.3, 0.4) is 0 Å². The summed E-state index contributed by atoms with van der Waals surface area (Å²) in [6.45, 7) is 0.0245. The first-order valence-electron chi connectivity index (χ1n) is 9.76. The van der Waals surface area contributed by atoms with Gasteiger partial charge in [-0.05, 0) is 65.7 Å². The number of anilines is 1. The highest BCUT2D eigenvalue weighted by atomic mass is 35.5. The molecule has 1 aliphatic rings. The van der Waals surface area contributed by atoms with E-state index in [1.54, 1.807) is 12.1 Å². The molecule has 0 saturated carbocycles. The van der Waals surface area contributed by atoms with Crippen molar-refractivity contribution in [3.05, 3.63) is 98.2 Å². The minimum atomic E-state index is -0.883. The Morgan fingerprint density at radius 3 is 2.26 bits per heavy atom. The van der Waals surface area contributed by atoms with Crippen molar-refractivity contribution < 1.29 is 23.5 Å². The Morgan fingerprint density at radius 2 is 1.62 bits per heavy atom. The quantitative estimate of drug-likeness (QED) is 0.330. The van der Waals surface area contributed by atoms with Gasteiger partial charge in [-0.3, -0.25) is 14.9 Å². The monoisotopic (exact) mass is 518 g/mol. The molecule has 4 amide bonds. The molecule has 0 aromatic heterocycles. The molecule has 0 aliphatic carbocycles. The Labute approximate surface area is 208 Å². The van der Waals surface area contributed by atoms with Crippen LogP contribution >= 0.6 is 34.8 Å². The summed E-state index contributed by atoms with van der Waals surface area (Å²) in [4.78, 5) is 38.5. The van der Waals surface area contributed by atoms with E-state index < -0.39 is 23.7 Å². The molecule has 1 N–H and O–H groups in total. The van der Waals surface area contributed by atoms with Crippen molar-refractivity contribution in [3.8, 4) is 5.75 Å². The van der Waals surface area contributed by atoms with E-state index in [9.17, 15) is 18.8 Å². The fourth-order valence-electron chi connectivity index (χ4n) is 3.23. The van der Waals surface area contributed by atoms with Crippen molar-refractivity contribution in [1.82, 2.24) is 5.32 Å². The zero-order chi connectivity index (χ0) is 24.4. The van der Waals surface area contributed by atoms with Crippen LogP contribution in [0.15, 0.2) is 66.2 Å². The molecule has 1 aliphatic heterocycles. The number of carbonyl (C=O) groups is 3. The van der Waals surface area contributed by atoms with E-state index in [-0.39, 0.29) is 33.7 Å². The van der Waals surface area contributed by atoms with Gasteiger partial charge < -0.3 is 4.74 Å². The van der Waals surface area contributed by atoms with Gasteiger partial charge in [0.15, 0.2) is 5.75 Å². The van der Waals surface area contributed by atoms with Crippen molar-refractivity contribution in [1.29, 1.82) is 0 Å². The summed E-state index contributed by atoms with van der Waals surface area (Å²) in [5.41, 5.74) is 0.851. The van der Waals surface area contributed by atoms with Gasteiger partial charge >= 0.3 is 6.03 Å². The topological polar surface area (TPSA) is 75.7 Å². The number of rotatable bonds is 5. The number of carbonyl (C=O) groups excluding carboxylic acids is 3. The first-order chi connectivity index (χ1) is 16.2. The molecule has 0 unspecified atom stereocenters. The highest BCUT2D eigenvalue weighted by Crippen LogP contribution is 2.36. The van der Waals surface area contributed by atoms with E-state index in [1.165, 1.54) is 54.6 Å². The lowest BCUT2D eigenvalue weighted by Crippen LogP contribution is -2.54. The Bertz CT molecular complexity index is 1320. The molecule has 1 saturated heterocycles. The van der Waals surface area contributed by atoms with Crippen LogP contribution in [0, 0.1) is 5.82 Å². The average molecular weight is 520 g/mol. The smallest absolute Gasteiger partial charge is 0.335 e. The molecule has 4 rings (SSSR count). The summed E-state index contributed by atoms with van der Waals surface area (Å²) in [6, 6.07) is 13.9. The Morgan fingerprint density at radius 1 is 0.941 bits per heavy atom. The van der Waals surface area contributed by atoms with Crippen LogP contribution in [0.5, 0.6) is 5.75 Å². The maximum atomic E-state index is 13.4. The van der Waals surface area contributed by atoms with Crippen molar-refractivity contribution in [2.75, 3.05) is 4.90 Å². The first-order valence-corrected chi connectivity index (χ1v) is 10.9. The zero-order valence-corrected chi connectivity index (χ0v) is 19.4. The van der Waals surface area contributed by atoms with Crippen LogP contribution in [0.1, 0.15) is 11.1 Å². The van der Waals surface area contributed by atoms with Crippen molar-refractivity contribution in [2.45, 2.75) is 6.61 Å². The van der Waals surface area contributed by atoms with Gasteiger partial charge in [0, 0.05) is 5.02 Å². The lowest BCUT2D eigenvalue weighted by atomic mass is 10.1. The lowest BCUT2D eigenvalue weighted by molar-refractivity contribution is -0.122. The molecular weight excluding hydrogens is 506 g/mol. The van der Waals surface area contributed by atoms with Crippen molar-refractivity contribution >= 4 is 64.4 Å². The van der Waals surface area contributed by atoms with Crippen molar-refractivity contribution in [3.63, 3.8) is 0 Å². The van der Waals surface area contributed by atoms with Crippen LogP contribution in [-0.2, 0) is 16.2 Å². The summed E-state index contributed by atoms with van der Waals surface area (Å²) in [5.74, 6) is -1.93. The van der Waals surface area contributed by atoms with E-state index in [0.29, 0.717) is 16.1 Å². The number of amides is 4. The molecule has 0 radical (unpaired) electrons. The van der Waals surface area contributed by atoms with E-state index in [4.69, 9.17) is 39.5 Å². The molecule has 0 atom stereocenters. The van der Waals surface area contributed by atoms with Gasteiger partial charge in [-0.1, -0.05) is 46.9 Å². The molecule has 3 aromatic carbocycles. The average Bonchev–Trinajstić information content (AvgIpc) is 2.77. The fourth-order valence-corrected chi connectivity index (χ4v) is 3.97. The second-order valence-electron chi connectivity index (χ2n) is 7.17. The number of urea groups is 1. The summed E-state index contributed by atoms with van der Waals surface area (Å²) >= 11 is 18.5. The summed E-state index contributed by atoms with van der Waals surface area (Å²) < 4.78 is 19.0. The van der Waals surface area contributed by atoms with Crippen LogP contribution in [-0.4, -0.2) is 17.8 Å². The number of benzene rings is 3. The van der Waals surface area contributed by atoms with Gasteiger partial charge in [0.05, 0.1) is 15.7 Å². The van der Waals surface area contributed by atoms with Gasteiger partial charge in [-0.2, -0.15) is 0 Å². The summed E-state index contributed by atoms with van der Waals surface area (Å²) in [5, 5.41) is 2.78. The lowest BCUT2D eigenvalue weighted by Gasteiger charge is -2.26. The van der Waals surface area contributed by atoms with Gasteiger partial charge in [-0.15, -0.1) is 0 Å². The number of nitrogens with one attached hydrogen (secondary N) is 1. The second-order valence-corrected chi connectivity index (χ2v) is 8.42. The van der Waals surface area contributed by atoms with E-state index in [0.717, 1.165) is 4.90 Å². The fraction of sp³-hybridized carbons (Fsp3) is 0.0417. The minimum absolute atomic E-state index is 0.0245. The van der Waals surface area contributed by atoms with Crippen LogP contribution in [0.2, 0.25) is 15.1 Å². The molecule has 6 nitrogen and oxygen atoms in total. The van der Waals surface area contributed by atoms with Gasteiger partial charge in [0.25, 0.3) is 11.8 Å². The third kappa shape index (κ3) is 5.07. The number of imide groups is 2. The predicted molar refractivity (Wildman–Crippen MR) is 128 cm³/mol. The Hall–Kier alpha value is -3.39. The Kier molecular flexibility index (Phi) is 6.88. The number of nitrogens with zero attached hydrogens (tertiary/aromatic N) is 1. The van der Waals surface area contributed by atoms with Gasteiger partial charge in [-0.25, -0.2) is 14.1 Å². The first kappa shape index (κ1) is 23.8. The zero-order valence-electron chi connectivity index (χ0n) is 17.2. The number of hydrogen-bond acceptors (Lipinski definition) is 4. The number of hydrogen-bond donors (Lipinski definition) is 1. The SMILES string of the molecule is O=C1NC(=O)N(c2ccc(Cl)cc2)C(=O)/C1=C/c1cc(Cl)c(OCc2cccc(F)c2)c(Cl)c1. The van der Waals surface area contributed by atoms with Crippen molar-refractivity contribution in [2.24, 2.45) is 0 Å². The number of ether oxygens (including phenoxy) is 1. The van der Waals surface area contributed by atoms with E-state index in [2.05, 4.69) is 5.32 Å². The highest BCUT2D eigenvalue weighted by Gasteiger charge is 2.36. The molecule has 0 bridgehead atoms. The molecule has 34 heavy (non-hydrogen) atoms. The predicted octanol–water partition coefficient (Wildman–Crippen LogP) is 6.03. The maximum absolute atomic E-state index is 13.4. The number of halogens is 4. The normalized spacial score (nSPS) is 15.0. The largest absolute Gasteiger partial charge is 0.486 e. The molecule has 0 spiro atoms. The Balaban J connectivity index is 1.60. The standard InChI is InChI=1S/C24H14Cl3FN2O4/c25-15-4-6-17(7-5-15)30-23(32)18(22(31)29-24(30)33)9-14-10-19(26)21(20(27)11-14)34-12-13-2-1-3-16(28)8-13/h1-11H,12H2,(H,29,31,33)/b18-9+. The molecule has 172 valence electrons. The molecule has 3 aromatic rings. The maximum Gasteiger partial charge on any atom is 0.335 e. The van der Waals surface area contributed by atoms with Gasteiger partial charge in [0.2, 0.25) is 0 Å². The third-order valence-electron chi connectivity index (χ3n) is 4.79. The van der Waals surface area contributed by atoms with E-state index >= 15 is 0 Å². The van der Waals surface area contributed by atoms with Crippen LogP contribution in [0.4, 0.5) is 14.9 Å². The highest BCUT2D eigenvalue weighted by molar-refractivity contribution is 6.40. The van der Waals surface area contributed by atoms with Crippen LogP contribution < -0.4 is 15.0 Å². The van der Waals surface area contributed by atoms with E-state index in [1.807, 2.05) is 0 Å². The molecule has 1 fully saturated rings. The third-order valence-corrected chi connectivity index (χ3v) is 5.60. The molecular formula is C24H14Cl3FN2O4. The minimum Gasteiger partial charge on any atom is -0.486 e. The van der Waals surface area contributed by atoms with Crippen LogP contribution in [0.25, 0.3) is 6.08 Å². The number of barbiturate groups is 1. The molecule has 10 heteroatoms. The van der Waals surface area contributed by atoms with Gasteiger partial charge in [0.1, 0.15) is 18.0 Å². The summed E-state index contributed by atoms with van der Waals surface area (Å²) in [7, 11) is 0. The summed E-state index contributed by atoms with van der Waals surface area (Å²) in [6.07, 6.45) is 1.27. The molecule has 1 heterocycles.